The molecule has 0 saturated heterocycles. The molecule has 2 aromatic rings. The molecule has 1 aromatic heterocycles. The summed E-state index contributed by atoms with van der Waals surface area (Å²) in [4.78, 5) is 12.4. The fourth-order valence-corrected chi connectivity index (χ4v) is 2.51. The minimum absolute atomic E-state index is 0.452. The molecule has 4 nitrogen and oxygen atoms in total. The Hall–Kier alpha value is -1.75. The highest BCUT2D eigenvalue weighted by atomic mass is 79.9. The molecule has 0 radical (unpaired) electrons. The van der Waals surface area contributed by atoms with Gasteiger partial charge in [0, 0.05) is 22.1 Å². The van der Waals surface area contributed by atoms with Crippen molar-refractivity contribution in [2.24, 2.45) is 0 Å². The molecule has 1 N–H and O–H groups in total. The number of fused-ring (bicyclic) bond motifs is 1. The van der Waals surface area contributed by atoms with Crippen LogP contribution in [0.2, 0.25) is 0 Å². The highest BCUT2D eigenvalue weighted by molar-refractivity contribution is 9.10. The van der Waals surface area contributed by atoms with Gasteiger partial charge in [0.05, 0.1) is 13.1 Å². The molecule has 0 saturated carbocycles. The second-order valence-corrected chi connectivity index (χ2v) is 5.19. The molecule has 1 amide bonds. The van der Waals surface area contributed by atoms with Gasteiger partial charge >= 0.3 is 6.09 Å². The highest BCUT2D eigenvalue weighted by Crippen LogP contribution is 2.27. The van der Waals surface area contributed by atoms with Crippen LogP contribution in [0.1, 0.15) is 11.3 Å². The minimum atomic E-state index is -0.867. The summed E-state index contributed by atoms with van der Waals surface area (Å²) in [6.07, 6.45) is 1.13. The van der Waals surface area contributed by atoms with Crippen LogP contribution in [0, 0.1) is 0 Å². The molecule has 1 aliphatic heterocycles. The van der Waals surface area contributed by atoms with E-state index >= 15 is 0 Å². The van der Waals surface area contributed by atoms with Crippen LogP contribution in [0.4, 0.5) is 4.79 Å². The fourth-order valence-electron chi connectivity index (χ4n) is 2.25. The molecular weight excluding hydrogens is 296 g/mol. The molecular formula is C13H11BrN2O2. The Morgan fingerprint density at radius 3 is 2.56 bits per heavy atom. The molecule has 0 fully saturated rings. The first-order valence-electron chi connectivity index (χ1n) is 5.58. The zero-order chi connectivity index (χ0) is 12.7. The number of aromatic nitrogens is 1. The van der Waals surface area contributed by atoms with E-state index < -0.39 is 6.09 Å². The first-order chi connectivity index (χ1) is 8.65. The second-order valence-electron chi connectivity index (χ2n) is 4.27. The van der Waals surface area contributed by atoms with Crippen molar-refractivity contribution in [3.63, 3.8) is 0 Å². The molecule has 1 aromatic carbocycles. The molecule has 5 heteroatoms. The largest absolute Gasteiger partial charge is 0.465 e. The van der Waals surface area contributed by atoms with Gasteiger partial charge in [-0.3, -0.25) is 4.90 Å². The average Bonchev–Trinajstić information content (AvgIpc) is 2.89. The van der Waals surface area contributed by atoms with Crippen LogP contribution < -0.4 is 0 Å². The maximum atomic E-state index is 11.0. The van der Waals surface area contributed by atoms with Gasteiger partial charge in [0.2, 0.25) is 0 Å². The van der Waals surface area contributed by atoms with Gasteiger partial charge in [0.15, 0.2) is 0 Å². The van der Waals surface area contributed by atoms with E-state index in [1.807, 2.05) is 41.1 Å². The summed E-state index contributed by atoms with van der Waals surface area (Å²) in [5, 5.41) is 9.01. The van der Waals surface area contributed by atoms with E-state index in [2.05, 4.69) is 15.9 Å². The predicted octanol–water partition coefficient (Wildman–Crippen LogP) is 3.23. The monoisotopic (exact) mass is 306 g/mol. The highest BCUT2D eigenvalue weighted by Gasteiger charge is 2.25. The number of rotatable bonds is 1. The first kappa shape index (κ1) is 11.3. The lowest BCUT2D eigenvalue weighted by atomic mass is 10.3. The van der Waals surface area contributed by atoms with E-state index in [0.717, 1.165) is 21.4 Å². The third kappa shape index (κ3) is 1.80. The average molecular weight is 307 g/mol. The normalized spacial score (nSPS) is 13.7. The van der Waals surface area contributed by atoms with E-state index in [1.165, 1.54) is 4.90 Å². The quantitative estimate of drug-likeness (QED) is 0.879. The van der Waals surface area contributed by atoms with Gasteiger partial charge in [-0.1, -0.05) is 15.9 Å². The maximum absolute atomic E-state index is 11.0. The zero-order valence-corrected chi connectivity index (χ0v) is 11.1. The van der Waals surface area contributed by atoms with Crippen molar-refractivity contribution in [2.45, 2.75) is 13.1 Å². The summed E-state index contributed by atoms with van der Waals surface area (Å²) < 4.78 is 3.08. The maximum Gasteiger partial charge on any atom is 0.407 e. The van der Waals surface area contributed by atoms with E-state index in [4.69, 9.17) is 5.11 Å². The van der Waals surface area contributed by atoms with Crippen LogP contribution in [0.25, 0.3) is 5.69 Å². The van der Waals surface area contributed by atoms with Crippen molar-refractivity contribution in [1.29, 1.82) is 0 Å². The standard InChI is InChI=1S/C13H11BrN2O2/c14-10-1-3-11(4-2-10)16-6-5-9-7-15(13(17)18)8-12(9)16/h1-6H,7-8H2,(H,17,18). The number of carbonyl (C=O) groups is 1. The summed E-state index contributed by atoms with van der Waals surface area (Å²) in [5.41, 5.74) is 3.19. The Labute approximate surface area is 113 Å². The van der Waals surface area contributed by atoms with E-state index in [0.29, 0.717) is 13.1 Å². The van der Waals surface area contributed by atoms with Crippen molar-refractivity contribution < 1.29 is 9.90 Å². The van der Waals surface area contributed by atoms with Crippen LogP contribution in [-0.2, 0) is 13.1 Å². The number of benzene rings is 1. The number of hydrogen-bond acceptors (Lipinski definition) is 1. The van der Waals surface area contributed by atoms with Crippen LogP contribution in [0.15, 0.2) is 41.0 Å². The first-order valence-corrected chi connectivity index (χ1v) is 6.37. The molecule has 0 atom stereocenters. The molecule has 0 bridgehead atoms. The number of carboxylic acid groups (broad SMARTS) is 1. The lowest BCUT2D eigenvalue weighted by Crippen LogP contribution is -2.23. The van der Waals surface area contributed by atoms with Gasteiger partial charge in [0.1, 0.15) is 0 Å². The summed E-state index contributed by atoms with van der Waals surface area (Å²) in [5.74, 6) is 0. The van der Waals surface area contributed by atoms with Crippen molar-refractivity contribution in [3.8, 4) is 5.69 Å². The van der Waals surface area contributed by atoms with Crippen molar-refractivity contribution in [1.82, 2.24) is 9.47 Å². The fraction of sp³-hybridized carbons (Fsp3) is 0.154. The Kier molecular flexibility index (Phi) is 2.63. The van der Waals surface area contributed by atoms with E-state index in [-0.39, 0.29) is 0 Å². The number of hydrogen-bond donors (Lipinski definition) is 1. The Morgan fingerprint density at radius 2 is 1.89 bits per heavy atom. The van der Waals surface area contributed by atoms with Crippen molar-refractivity contribution >= 4 is 22.0 Å². The van der Waals surface area contributed by atoms with Gasteiger partial charge in [-0.05, 0) is 35.9 Å². The van der Waals surface area contributed by atoms with Crippen LogP contribution in [0.5, 0.6) is 0 Å². The van der Waals surface area contributed by atoms with Crippen LogP contribution in [-0.4, -0.2) is 20.7 Å². The third-order valence-corrected chi connectivity index (χ3v) is 3.69. The molecule has 3 rings (SSSR count). The number of amides is 1. The lowest BCUT2D eigenvalue weighted by Gasteiger charge is -2.12. The van der Waals surface area contributed by atoms with Gasteiger partial charge in [-0.15, -0.1) is 0 Å². The van der Waals surface area contributed by atoms with Gasteiger partial charge in [-0.25, -0.2) is 4.79 Å². The molecule has 0 aliphatic carbocycles. The smallest absolute Gasteiger partial charge is 0.407 e. The number of nitrogens with zero attached hydrogens (tertiary/aromatic N) is 2. The van der Waals surface area contributed by atoms with Gasteiger partial charge < -0.3 is 9.67 Å². The van der Waals surface area contributed by atoms with Crippen molar-refractivity contribution in [3.05, 3.63) is 52.3 Å². The second kappa shape index (κ2) is 4.17. The molecule has 0 spiro atoms. The summed E-state index contributed by atoms with van der Waals surface area (Å²) >= 11 is 3.40. The van der Waals surface area contributed by atoms with Crippen LogP contribution in [0.3, 0.4) is 0 Å². The Bertz CT molecular complexity index is 604. The van der Waals surface area contributed by atoms with Crippen molar-refractivity contribution in [2.75, 3.05) is 0 Å². The summed E-state index contributed by atoms with van der Waals surface area (Å²) in [7, 11) is 0. The van der Waals surface area contributed by atoms with Crippen LogP contribution >= 0.6 is 15.9 Å². The molecule has 0 unspecified atom stereocenters. The van der Waals surface area contributed by atoms with Gasteiger partial charge in [0.25, 0.3) is 0 Å². The summed E-state index contributed by atoms with van der Waals surface area (Å²) in [6, 6.07) is 9.96. The molecule has 18 heavy (non-hydrogen) atoms. The van der Waals surface area contributed by atoms with E-state index in [9.17, 15) is 4.79 Å². The van der Waals surface area contributed by atoms with Gasteiger partial charge in [-0.2, -0.15) is 0 Å². The molecule has 2 heterocycles. The minimum Gasteiger partial charge on any atom is -0.465 e. The Balaban J connectivity index is 1.97. The molecule has 1 aliphatic rings. The predicted molar refractivity (Wildman–Crippen MR) is 70.7 cm³/mol. The topological polar surface area (TPSA) is 45.5 Å². The van der Waals surface area contributed by atoms with E-state index in [1.54, 1.807) is 0 Å². The number of halogens is 1. The molecule has 92 valence electrons. The zero-order valence-electron chi connectivity index (χ0n) is 9.51. The SMILES string of the molecule is O=C(O)N1Cc2ccn(-c3ccc(Br)cc3)c2C1. The lowest BCUT2D eigenvalue weighted by molar-refractivity contribution is 0.144. The summed E-state index contributed by atoms with van der Waals surface area (Å²) in [6.45, 7) is 0.932. The Morgan fingerprint density at radius 1 is 1.17 bits per heavy atom. The third-order valence-electron chi connectivity index (χ3n) is 3.16.